The summed E-state index contributed by atoms with van der Waals surface area (Å²) in [6, 6.07) is 0. The third-order valence-electron chi connectivity index (χ3n) is 3.29. The van der Waals surface area contributed by atoms with Gasteiger partial charge < -0.3 is 15.8 Å². The number of carbonyl (C=O) groups excluding carboxylic acids is 1. The zero-order valence-corrected chi connectivity index (χ0v) is 11.1. The van der Waals surface area contributed by atoms with E-state index in [4.69, 9.17) is 10.5 Å². The molecule has 0 aromatic rings. The fourth-order valence-electron chi connectivity index (χ4n) is 2.23. The van der Waals surface area contributed by atoms with Crippen LogP contribution in [0.3, 0.4) is 0 Å². The molecule has 0 aromatic heterocycles. The highest BCUT2D eigenvalue weighted by Gasteiger charge is 2.19. The van der Waals surface area contributed by atoms with Gasteiger partial charge in [-0.2, -0.15) is 0 Å². The van der Waals surface area contributed by atoms with Crippen molar-refractivity contribution >= 4 is 5.91 Å². The monoisotopic (exact) mass is 242 g/mol. The van der Waals surface area contributed by atoms with Gasteiger partial charge in [0.05, 0.1) is 5.92 Å². The Morgan fingerprint density at radius 2 is 2.29 bits per heavy atom. The molecule has 4 heteroatoms. The summed E-state index contributed by atoms with van der Waals surface area (Å²) < 4.78 is 5.30. The minimum atomic E-state index is -0.0326. The first kappa shape index (κ1) is 14.5. The van der Waals surface area contributed by atoms with E-state index < -0.39 is 0 Å². The van der Waals surface area contributed by atoms with E-state index in [0.29, 0.717) is 18.4 Å². The van der Waals surface area contributed by atoms with Gasteiger partial charge in [0.15, 0.2) is 0 Å². The van der Waals surface area contributed by atoms with Gasteiger partial charge >= 0.3 is 0 Å². The molecule has 1 aliphatic heterocycles. The fraction of sp³-hybridized carbons (Fsp3) is 0.923. The Bertz CT molecular complexity index is 225. The molecule has 0 spiro atoms. The molecule has 4 nitrogen and oxygen atoms in total. The van der Waals surface area contributed by atoms with Crippen LogP contribution in [0.4, 0.5) is 0 Å². The zero-order valence-electron chi connectivity index (χ0n) is 11.1. The molecule has 0 radical (unpaired) electrons. The van der Waals surface area contributed by atoms with Gasteiger partial charge in [-0.25, -0.2) is 0 Å². The van der Waals surface area contributed by atoms with E-state index in [1.54, 1.807) is 0 Å². The Morgan fingerprint density at radius 1 is 1.53 bits per heavy atom. The van der Waals surface area contributed by atoms with Crippen LogP contribution < -0.4 is 11.1 Å². The molecule has 2 unspecified atom stereocenters. The number of carbonyl (C=O) groups is 1. The van der Waals surface area contributed by atoms with Gasteiger partial charge in [-0.05, 0) is 31.1 Å². The second-order valence-corrected chi connectivity index (χ2v) is 5.37. The van der Waals surface area contributed by atoms with Gasteiger partial charge in [-0.1, -0.05) is 13.8 Å². The van der Waals surface area contributed by atoms with Crippen LogP contribution in [0.2, 0.25) is 0 Å². The second-order valence-electron chi connectivity index (χ2n) is 5.37. The first-order valence-corrected chi connectivity index (χ1v) is 6.69. The standard InChI is InChI=1S/C13H26N2O2/c1-10(2)7-12(8-14)13(16)15-5-3-11-4-6-17-9-11/h10-12H,3-9,14H2,1-2H3,(H,15,16). The van der Waals surface area contributed by atoms with Crippen LogP contribution in [0.25, 0.3) is 0 Å². The van der Waals surface area contributed by atoms with Crippen LogP contribution in [0, 0.1) is 17.8 Å². The number of rotatable bonds is 7. The Hall–Kier alpha value is -0.610. The second kappa shape index (κ2) is 7.67. The average Bonchev–Trinajstić information content (AvgIpc) is 2.78. The summed E-state index contributed by atoms with van der Waals surface area (Å²) in [5.74, 6) is 1.21. The largest absolute Gasteiger partial charge is 0.381 e. The van der Waals surface area contributed by atoms with Gasteiger partial charge in [0, 0.05) is 26.3 Å². The van der Waals surface area contributed by atoms with Crippen molar-refractivity contribution in [2.45, 2.75) is 33.1 Å². The summed E-state index contributed by atoms with van der Waals surface area (Å²) in [5.41, 5.74) is 5.64. The maximum Gasteiger partial charge on any atom is 0.224 e. The molecule has 1 amide bonds. The van der Waals surface area contributed by atoms with E-state index in [-0.39, 0.29) is 11.8 Å². The van der Waals surface area contributed by atoms with Gasteiger partial charge in [-0.3, -0.25) is 4.79 Å². The van der Waals surface area contributed by atoms with E-state index in [9.17, 15) is 4.79 Å². The summed E-state index contributed by atoms with van der Waals surface area (Å²) >= 11 is 0. The van der Waals surface area contributed by atoms with Gasteiger partial charge in [0.25, 0.3) is 0 Å². The van der Waals surface area contributed by atoms with Gasteiger partial charge in [0.2, 0.25) is 5.91 Å². The normalized spacial score (nSPS) is 21.8. The van der Waals surface area contributed by atoms with Crippen molar-refractivity contribution in [2.75, 3.05) is 26.3 Å². The summed E-state index contributed by atoms with van der Waals surface area (Å²) in [5, 5.41) is 2.99. The Morgan fingerprint density at radius 3 is 2.82 bits per heavy atom. The lowest BCUT2D eigenvalue weighted by molar-refractivity contribution is -0.125. The third-order valence-corrected chi connectivity index (χ3v) is 3.29. The van der Waals surface area contributed by atoms with Crippen molar-refractivity contribution in [2.24, 2.45) is 23.5 Å². The van der Waals surface area contributed by atoms with E-state index in [1.165, 1.54) is 0 Å². The minimum Gasteiger partial charge on any atom is -0.381 e. The lowest BCUT2D eigenvalue weighted by Crippen LogP contribution is -2.36. The summed E-state index contributed by atoms with van der Waals surface area (Å²) in [4.78, 5) is 11.9. The van der Waals surface area contributed by atoms with Crippen LogP contribution in [-0.2, 0) is 9.53 Å². The molecule has 1 rings (SSSR count). The molecular weight excluding hydrogens is 216 g/mol. The summed E-state index contributed by atoms with van der Waals surface area (Å²) in [6.07, 6.45) is 3.02. The molecule has 17 heavy (non-hydrogen) atoms. The molecule has 0 saturated carbocycles. The highest BCUT2D eigenvalue weighted by Crippen LogP contribution is 2.15. The molecule has 0 aliphatic carbocycles. The predicted molar refractivity (Wildman–Crippen MR) is 68.6 cm³/mol. The molecule has 1 aliphatic rings. The highest BCUT2D eigenvalue weighted by atomic mass is 16.5. The molecule has 3 N–H and O–H groups in total. The number of nitrogens with one attached hydrogen (secondary N) is 1. The number of ether oxygens (including phenoxy) is 1. The average molecular weight is 242 g/mol. The molecule has 0 bridgehead atoms. The first-order chi connectivity index (χ1) is 8.13. The summed E-state index contributed by atoms with van der Waals surface area (Å²) in [6.45, 7) is 7.15. The first-order valence-electron chi connectivity index (χ1n) is 6.69. The topological polar surface area (TPSA) is 64.4 Å². The smallest absolute Gasteiger partial charge is 0.224 e. The van der Waals surface area contributed by atoms with E-state index in [1.807, 2.05) is 0 Å². The predicted octanol–water partition coefficient (Wildman–Crippen LogP) is 1.15. The quantitative estimate of drug-likeness (QED) is 0.704. The van der Waals surface area contributed by atoms with Gasteiger partial charge in [0.1, 0.15) is 0 Å². The van der Waals surface area contributed by atoms with Crippen LogP contribution in [-0.4, -0.2) is 32.2 Å². The lowest BCUT2D eigenvalue weighted by Gasteiger charge is -2.17. The Balaban J connectivity index is 2.17. The molecule has 0 aromatic carbocycles. The van der Waals surface area contributed by atoms with Crippen molar-refractivity contribution < 1.29 is 9.53 Å². The SMILES string of the molecule is CC(C)CC(CN)C(=O)NCCC1CCOC1. The maximum atomic E-state index is 11.9. The zero-order chi connectivity index (χ0) is 12.7. The molecule has 1 heterocycles. The molecule has 1 saturated heterocycles. The van der Waals surface area contributed by atoms with E-state index in [0.717, 1.165) is 39.0 Å². The molecule has 2 atom stereocenters. The Kier molecular flexibility index (Phi) is 6.52. The van der Waals surface area contributed by atoms with Crippen molar-refractivity contribution in [3.63, 3.8) is 0 Å². The Labute approximate surface area is 104 Å². The molecular formula is C13H26N2O2. The lowest BCUT2D eigenvalue weighted by atomic mass is 9.96. The van der Waals surface area contributed by atoms with E-state index in [2.05, 4.69) is 19.2 Å². The van der Waals surface area contributed by atoms with Crippen molar-refractivity contribution in [1.29, 1.82) is 0 Å². The molecule has 100 valence electrons. The molecule has 1 fully saturated rings. The number of nitrogens with two attached hydrogens (primary N) is 1. The van der Waals surface area contributed by atoms with Crippen molar-refractivity contribution in [1.82, 2.24) is 5.32 Å². The van der Waals surface area contributed by atoms with E-state index >= 15 is 0 Å². The van der Waals surface area contributed by atoms with Crippen molar-refractivity contribution in [3.05, 3.63) is 0 Å². The number of amides is 1. The fourth-order valence-corrected chi connectivity index (χ4v) is 2.23. The van der Waals surface area contributed by atoms with Crippen LogP contribution in [0.5, 0.6) is 0 Å². The van der Waals surface area contributed by atoms with Gasteiger partial charge in [-0.15, -0.1) is 0 Å². The number of hydrogen-bond acceptors (Lipinski definition) is 3. The van der Waals surface area contributed by atoms with Crippen LogP contribution >= 0.6 is 0 Å². The van der Waals surface area contributed by atoms with Crippen LogP contribution in [0.15, 0.2) is 0 Å². The maximum absolute atomic E-state index is 11.9. The highest BCUT2D eigenvalue weighted by molar-refractivity contribution is 5.78. The van der Waals surface area contributed by atoms with Crippen LogP contribution in [0.1, 0.15) is 33.1 Å². The number of hydrogen-bond donors (Lipinski definition) is 2. The third kappa shape index (κ3) is 5.50. The summed E-state index contributed by atoms with van der Waals surface area (Å²) in [7, 11) is 0. The minimum absolute atomic E-state index is 0.0326. The van der Waals surface area contributed by atoms with Crippen molar-refractivity contribution in [3.8, 4) is 0 Å².